The number of aryl methyl sites for hydroxylation is 2. The Morgan fingerprint density at radius 3 is 2.50 bits per heavy atom. The predicted molar refractivity (Wildman–Crippen MR) is 111 cm³/mol. The first-order valence-corrected chi connectivity index (χ1v) is 9.70. The number of benzene rings is 2. The molecule has 0 amide bonds. The summed E-state index contributed by atoms with van der Waals surface area (Å²) in [5.41, 5.74) is 11.5. The minimum Gasteiger partial charge on any atom is -0.147 e. The summed E-state index contributed by atoms with van der Waals surface area (Å²) in [4.78, 5) is 0. The fourth-order valence-electron chi connectivity index (χ4n) is 4.34. The molecule has 5 rings (SSSR count). The molecule has 2 aromatic carbocycles. The molecule has 0 aliphatic heterocycles. The standard InChI is InChI=1S/C22H18N.2ClH.Zr/c1-14-10-11-21-19(12-14)20-13-18-16(15-6-3-4-7-15)8-5-9-17(18)22(20)23(21)2;;;/h3,5-6,8-12H,4,13H2,1-2H3;2*1H;. The van der Waals surface area contributed by atoms with Crippen LogP contribution < -0.4 is 0 Å². The van der Waals surface area contributed by atoms with Crippen LogP contribution >= 0.6 is 24.8 Å². The number of aromatic nitrogens is 1. The van der Waals surface area contributed by atoms with E-state index >= 15 is 0 Å². The molecule has 1 heterocycles. The number of hydrogen-bond acceptors (Lipinski definition) is 0. The number of rotatable bonds is 1. The van der Waals surface area contributed by atoms with E-state index in [-0.39, 0.29) is 24.8 Å². The number of fused-ring (bicyclic) bond motifs is 5. The van der Waals surface area contributed by atoms with E-state index in [1.165, 1.54) is 50.0 Å². The van der Waals surface area contributed by atoms with Crippen molar-refractivity contribution >= 4 is 41.3 Å². The molecule has 0 bridgehead atoms. The molecule has 4 heteroatoms. The monoisotopic (exact) mass is 458 g/mol. The van der Waals surface area contributed by atoms with Crippen LogP contribution in [0.5, 0.6) is 0 Å². The van der Waals surface area contributed by atoms with Crippen molar-refractivity contribution in [1.82, 2.24) is 4.57 Å². The van der Waals surface area contributed by atoms with Crippen LogP contribution in [0.4, 0.5) is 0 Å². The molecular weight excluding hydrogens is 440 g/mol. The zero-order chi connectivity index (χ0) is 16.4. The average molecular weight is 461 g/mol. The maximum absolute atomic E-state index is 2.39. The van der Waals surface area contributed by atoms with Gasteiger partial charge in [-0.3, -0.25) is 0 Å². The average Bonchev–Trinajstić information content (AvgIpc) is 3.23. The molecule has 0 spiro atoms. The van der Waals surface area contributed by atoms with Crippen LogP contribution in [0, 0.1) is 6.92 Å². The number of allylic oxidation sites excluding steroid dienone is 4. The Kier molecular flexibility index (Phi) is 5.41. The predicted octanol–water partition coefficient (Wildman–Crippen LogP) is 6.12. The van der Waals surface area contributed by atoms with Gasteiger partial charge in [-0.05, 0) is 0 Å². The van der Waals surface area contributed by atoms with Crippen LogP contribution in [0.1, 0.15) is 28.7 Å². The van der Waals surface area contributed by atoms with Crippen molar-refractivity contribution in [2.75, 3.05) is 0 Å². The van der Waals surface area contributed by atoms with Gasteiger partial charge in [0.05, 0.1) is 0 Å². The molecule has 1 aromatic heterocycles. The summed E-state index contributed by atoms with van der Waals surface area (Å²) >= 11 is 1.54. The maximum Gasteiger partial charge on any atom is -0.147 e. The molecule has 26 heavy (non-hydrogen) atoms. The van der Waals surface area contributed by atoms with Crippen LogP contribution in [0.25, 0.3) is 27.7 Å². The van der Waals surface area contributed by atoms with Gasteiger partial charge in [0, 0.05) is 0 Å². The summed E-state index contributed by atoms with van der Waals surface area (Å²) in [6.07, 6.45) is 6.82. The van der Waals surface area contributed by atoms with E-state index in [0.717, 1.165) is 12.8 Å². The zero-order valence-corrected chi connectivity index (χ0v) is 18.9. The molecule has 0 saturated carbocycles. The minimum absolute atomic E-state index is 0. The van der Waals surface area contributed by atoms with E-state index < -0.39 is 0 Å². The molecule has 2 aliphatic rings. The fraction of sp³-hybridized carbons (Fsp3) is 0.182. The van der Waals surface area contributed by atoms with Gasteiger partial charge < -0.3 is 0 Å². The molecule has 0 radical (unpaired) electrons. The van der Waals surface area contributed by atoms with Gasteiger partial charge in [-0.1, -0.05) is 0 Å². The second kappa shape index (κ2) is 7.15. The topological polar surface area (TPSA) is 4.93 Å². The Morgan fingerprint density at radius 2 is 1.77 bits per heavy atom. The number of hydrogen-bond donors (Lipinski definition) is 0. The molecule has 0 fully saturated rings. The third kappa shape index (κ3) is 2.70. The van der Waals surface area contributed by atoms with Crippen molar-refractivity contribution in [3.8, 4) is 11.3 Å². The third-order valence-electron chi connectivity index (χ3n) is 5.47. The Morgan fingerprint density at radius 1 is 1.00 bits per heavy atom. The van der Waals surface area contributed by atoms with Gasteiger partial charge in [0.15, 0.2) is 0 Å². The smallest absolute Gasteiger partial charge is 0.147 e. The maximum atomic E-state index is 2.39. The third-order valence-corrected chi connectivity index (χ3v) is 6.63. The second-order valence-electron chi connectivity index (χ2n) is 6.91. The van der Waals surface area contributed by atoms with Crippen molar-refractivity contribution in [3.05, 3.63) is 74.1 Å². The van der Waals surface area contributed by atoms with E-state index in [9.17, 15) is 0 Å². The van der Waals surface area contributed by atoms with Crippen molar-refractivity contribution < 1.29 is 24.7 Å². The first-order valence-electron chi connectivity index (χ1n) is 8.47. The summed E-state index contributed by atoms with van der Waals surface area (Å²) in [5, 5.41) is 1.42. The Hall–Kier alpha value is -1.08. The van der Waals surface area contributed by atoms with Crippen LogP contribution in [-0.4, -0.2) is 4.57 Å². The summed E-state index contributed by atoms with van der Waals surface area (Å²) < 4.78 is 3.96. The van der Waals surface area contributed by atoms with Crippen LogP contribution in [0.2, 0.25) is 0 Å². The molecule has 2 aliphatic carbocycles. The summed E-state index contributed by atoms with van der Waals surface area (Å²) in [6.45, 7) is 2.19. The Bertz CT molecular complexity index is 1090. The number of nitrogens with zero attached hydrogens (tertiary/aromatic N) is 1. The largest absolute Gasteiger partial charge is 0.147 e. The fourth-order valence-corrected chi connectivity index (χ4v) is 5.17. The van der Waals surface area contributed by atoms with E-state index in [1.807, 2.05) is 0 Å². The van der Waals surface area contributed by atoms with Crippen LogP contribution in [0.15, 0.2) is 51.8 Å². The number of halogens is 2. The summed E-state index contributed by atoms with van der Waals surface area (Å²) in [7, 11) is 2.21. The minimum atomic E-state index is 0. The van der Waals surface area contributed by atoms with E-state index in [0.29, 0.717) is 0 Å². The van der Waals surface area contributed by atoms with Crippen molar-refractivity contribution in [3.63, 3.8) is 0 Å². The SMILES string of the molecule is Cc1ccc2c(c1)c1c(n2C)-c2cccc(C3=[C]([Zr])CC=C3)c2C1.Cl.Cl. The van der Waals surface area contributed by atoms with E-state index in [4.69, 9.17) is 0 Å². The Labute approximate surface area is 181 Å². The van der Waals surface area contributed by atoms with Gasteiger partial charge in [0.2, 0.25) is 0 Å². The molecule has 131 valence electrons. The van der Waals surface area contributed by atoms with E-state index in [1.54, 1.807) is 28.0 Å². The molecule has 0 saturated heterocycles. The van der Waals surface area contributed by atoms with E-state index in [2.05, 4.69) is 67.1 Å². The van der Waals surface area contributed by atoms with Crippen molar-refractivity contribution in [2.45, 2.75) is 19.8 Å². The van der Waals surface area contributed by atoms with Crippen molar-refractivity contribution in [2.24, 2.45) is 7.05 Å². The molecule has 1 nitrogen and oxygen atoms in total. The van der Waals surface area contributed by atoms with Gasteiger partial charge in [-0.2, -0.15) is 0 Å². The molecule has 3 aromatic rings. The summed E-state index contributed by atoms with van der Waals surface area (Å²) in [6, 6.07) is 13.7. The first-order chi connectivity index (χ1) is 11.6. The molecule has 0 atom stereocenters. The summed E-state index contributed by atoms with van der Waals surface area (Å²) in [5.74, 6) is 0. The van der Waals surface area contributed by atoms with Gasteiger partial charge in [0.1, 0.15) is 0 Å². The van der Waals surface area contributed by atoms with Crippen LogP contribution in [-0.2, 0) is 38.2 Å². The Balaban J connectivity index is 0.000000980. The van der Waals surface area contributed by atoms with Crippen molar-refractivity contribution in [1.29, 1.82) is 0 Å². The zero-order valence-electron chi connectivity index (χ0n) is 14.8. The molecule has 0 unspecified atom stereocenters. The quantitative estimate of drug-likeness (QED) is 0.323. The second-order valence-corrected chi connectivity index (χ2v) is 8.40. The normalized spacial score (nSPS) is 14.2. The van der Waals surface area contributed by atoms with Gasteiger partial charge >= 0.3 is 158 Å². The van der Waals surface area contributed by atoms with Gasteiger partial charge in [0.25, 0.3) is 0 Å². The van der Waals surface area contributed by atoms with Gasteiger partial charge in [-0.15, -0.1) is 24.8 Å². The first kappa shape index (κ1) is 19.7. The van der Waals surface area contributed by atoms with Gasteiger partial charge in [-0.25, -0.2) is 0 Å². The molecule has 0 N–H and O–H groups in total. The van der Waals surface area contributed by atoms with Crippen LogP contribution in [0.3, 0.4) is 0 Å². The molecular formula is C22H20Cl2NZr.